The molecule has 104 valence electrons. The predicted octanol–water partition coefficient (Wildman–Crippen LogP) is 1.37. The Hall–Kier alpha value is -2.28. The number of nitrogens with two attached hydrogens (primary N) is 1. The van der Waals surface area contributed by atoms with Gasteiger partial charge in [0.05, 0.1) is 12.0 Å². The number of nitrogens with one attached hydrogen (secondary N) is 1. The molecule has 0 aliphatic heterocycles. The third-order valence-electron chi connectivity index (χ3n) is 2.74. The van der Waals surface area contributed by atoms with E-state index in [1.54, 1.807) is 11.8 Å². The summed E-state index contributed by atoms with van der Waals surface area (Å²) in [7, 11) is 0. The van der Waals surface area contributed by atoms with E-state index >= 15 is 0 Å². The highest BCUT2D eigenvalue weighted by molar-refractivity contribution is 7.98. The van der Waals surface area contributed by atoms with Crippen LogP contribution in [0.15, 0.2) is 34.0 Å². The van der Waals surface area contributed by atoms with Crippen molar-refractivity contribution in [3.63, 3.8) is 0 Å². The van der Waals surface area contributed by atoms with Gasteiger partial charge in [0.2, 0.25) is 0 Å². The number of carboxylic acid groups (broad SMARTS) is 1. The Morgan fingerprint density at radius 2 is 2.05 bits per heavy atom. The van der Waals surface area contributed by atoms with Crippen molar-refractivity contribution in [3.8, 4) is 11.4 Å². The number of H-pyrrole nitrogens is 1. The maximum atomic E-state index is 11.8. The number of benzene rings is 1. The van der Waals surface area contributed by atoms with Crippen LogP contribution in [0.4, 0.5) is 5.82 Å². The summed E-state index contributed by atoms with van der Waals surface area (Å²) in [6.07, 6.45) is 1.52. The highest BCUT2D eigenvalue weighted by Crippen LogP contribution is 2.20. The van der Waals surface area contributed by atoms with Crippen molar-refractivity contribution in [1.29, 1.82) is 0 Å². The van der Waals surface area contributed by atoms with Crippen LogP contribution in [0.25, 0.3) is 11.4 Å². The molecule has 0 bridgehead atoms. The van der Waals surface area contributed by atoms with Gasteiger partial charge in [-0.15, -0.1) is 11.8 Å². The van der Waals surface area contributed by atoms with Gasteiger partial charge in [-0.2, -0.15) is 0 Å². The lowest BCUT2D eigenvalue weighted by atomic mass is 10.2. The molecule has 2 aromatic rings. The van der Waals surface area contributed by atoms with Crippen molar-refractivity contribution in [2.24, 2.45) is 0 Å². The summed E-state index contributed by atoms with van der Waals surface area (Å²) in [6.45, 7) is 0. The molecule has 0 spiro atoms. The third-order valence-corrected chi connectivity index (χ3v) is 3.48. The summed E-state index contributed by atoms with van der Waals surface area (Å²) in [4.78, 5) is 30.2. The molecule has 0 saturated carbocycles. The summed E-state index contributed by atoms with van der Waals surface area (Å²) in [6, 6.07) is 7.45. The number of anilines is 1. The molecule has 0 aliphatic rings. The molecule has 7 heteroatoms. The van der Waals surface area contributed by atoms with Crippen molar-refractivity contribution in [3.05, 3.63) is 40.2 Å². The van der Waals surface area contributed by atoms with Crippen LogP contribution in [0.1, 0.15) is 5.56 Å². The SMILES string of the molecule is CSc1ccc(-c2nc(N)c(CC(=O)O)c(=O)[nH]2)cc1. The number of carbonyl (C=O) groups is 1. The molecule has 1 heterocycles. The second-order valence-corrected chi connectivity index (χ2v) is 4.96. The molecular formula is C13H13N3O3S. The number of hydrogen-bond acceptors (Lipinski definition) is 5. The molecule has 1 aromatic carbocycles. The molecule has 0 atom stereocenters. The van der Waals surface area contributed by atoms with E-state index in [0.29, 0.717) is 11.4 Å². The average molecular weight is 291 g/mol. The van der Waals surface area contributed by atoms with Crippen LogP contribution >= 0.6 is 11.8 Å². The number of aliphatic carboxylic acids is 1. The Morgan fingerprint density at radius 3 is 2.55 bits per heavy atom. The Morgan fingerprint density at radius 1 is 1.40 bits per heavy atom. The third kappa shape index (κ3) is 3.00. The second-order valence-electron chi connectivity index (χ2n) is 4.08. The van der Waals surface area contributed by atoms with Crippen LogP contribution in [0, 0.1) is 0 Å². The Kier molecular flexibility index (Phi) is 4.09. The molecule has 0 aliphatic carbocycles. The van der Waals surface area contributed by atoms with Crippen LogP contribution in [0.2, 0.25) is 0 Å². The first-order valence-corrected chi connectivity index (χ1v) is 6.98. The molecule has 4 N–H and O–H groups in total. The molecule has 6 nitrogen and oxygen atoms in total. The summed E-state index contributed by atoms with van der Waals surface area (Å²) in [5.41, 5.74) is 5.83. The quantitative estimate of drug-likeness (QED) is 0.734. The fourth-order valence-electron chi connectivity index (χ4n) is 1.72. The second kappa shape index (κ2) is 5.79. The van der Waals surface area contributed by atoms with Crippen molar-refractivity contribution < 1.29 is 9.90 Å². The smallest absolute Gasteiger partial charge is 0.308 e. The normalized spacial score (nSPS) is 10.4. The van der Waals surface area contributed by atoms with E-state index < -0.39 is 17.9 Å². The first kappa shape index (κ1) is 14.1. The number of rotatable bonds is 4. The molecule has 20 heavy (non-hydrogen) atoms. The van der Waals surface area contributed by atoms with Crippen molar-refractivity contribution >= 4 is 23.5 Å². The van der Waals surface area contributed by atoms with Crippen molar-refractivity contribution in [1.82, 2.24) is 9.97 Å². The van der Waals surface area contributed by atoms with Crippen LogP contribution in [-0.4, -0.2) is 27.3 Å². The minimum absolute atomic E-state index is 0.0259. The van der Waals surface area contributed by atoms with Gasteiger partial charge in [-0.05, 0) is 18.4 Å². The first-order chi connectivity index (χ1) is 9.51. The van der Waals surface area contributed by atoms with Gasteiger partial charge in [0.15, 0.2) is 0 Å². The van der Waals surface area contributed by atoms with E-state index in [4.69, 9.17) is 10.8 Å². The molecule has 0 saturated heterocycles. The predicted molar refractivity (Wildman–Crippen MR) is 77.8 cm³/mol. The van der Waals surface area contributed by atoms with Crippen molar-refractivity contribution in [2.75, 3.05) is 12.0 Å². The fraction of sp³-hybridized carbons (Fsp3) is 0.154. The van der Waals surface area contributed by atoms with Gasteiger partial charge in [0.25, 0.3) is 5.56 Å². The largest absolute Gasteiger partial charge is 0.481 e. The van der Waals surface area contributed by atoms with Gasteiger partial charge < -0.3 is 15.8 Å². The van der Waals surface area contributed by atoms with E-state index in [1.807, 2.05) is 30.5 Å². The Labute approximate surface area is 119 Å². The van der Waals surface area contributed by atoms with Gasteiger partial charge in [-0.3, -0.25) is 9.59 Å². The highest BCUT2D eigenvalue weighted by atomic mass is 32.2. The van der Waals surface area contributed by atoms with Gasteiger partial charge in [-0.1, -0.05) is 12.1 Å². The molecule has 0 fully saturated rings. The minimum Gasteiger partial charge on any atom is -0.481 e. The lowest BCUT2D eigenvalue weighted by molar-refractivity contribution is -0.136. The summed E-state index contributed by atoms with van der Waals surface area (Å²) < 4.78 is 0. The zero-order valence-electron chi connectivity index (χ0n) is 10.7. The van der Waals surface area contributed by atoms with Crippen LogP contribution in [0.5, 0.6) is 0 Å². The van der Waals surface area contributed by atoms with Crippen LogP contribution in [0.3, 0.4) is 0 Å². The number of nitrogens with zero attached hydrogens (tertiary/aromatic N) is 1. The summed E-state index contributed by atoms with van der Waals surface area (Å²) in [5.74, 6) is -0.851. The highest BCUT2D eigenvalue weighted by Gasteiger charge is 2.13. The van der Waals surface area contributed by atoms with Gasteiger partial charge >= 0.3 is 5.97 Å². The lowest BCUT2D eigenvalue weighted by Gasteiger charge is -2.06. The summed E-state index contributed by atoms with van der Waals surface area (Å²) in [5, 5.41) is 8.72. The Bertz CT molecular complexity index is 695. The number of thioether (sulfide) groups is 1. The van der Waals surface area contributed by atoms with E-state index in [0.717, 1.165) is 4.90 Å². The maximum Gasteiger partial charge on any atom is 0.308 e. The van der Waals surface area contributed by atoms with E-state index in [2.05, 4.69) is 9.97 Å². The van der Waals surface area contributed by atoms with Crippen molar-refractivity contribution in [2.45, 2.75) is 11.3 Å². The maximum absolute atomic E-state index is 11.8. The molecule has 0 amide bonds. The number of carboxylic acids is 1. The molecule has 0 radical (unpaired) electrons. The van der Waals surface area contributed by atoms with Crippen LogP contribution in [-0.2, 0) is 11.2 Å². The fourth-order valence-corrected chi connectivity index (χ4v) is 2.13. The van der Waals surface area contributed by atoms with E-state index in [9.17, 15) is 9.59 Å². The molecule has 2 rings (SSSR count). The number of aromatic nitrogens is 2. The standard InChI is InChI=1S/C13H13N3O3S/c1-20-8-4-2-7(3-5-8)12-15-11(14)9(6-10(17)18)13(19)16-12/h2-5H,6H2,1H3,(H,17,18)(H3,14,15,16,19). The molecule has 1 aromatic heterocycles. The van der Waals surface area contributed by atoms with Crippen LogP contribution < -0.4 is 11.3 Å². The van der Waals surface area contributed by atoms with Gasteiger partial charge in [-0.25, -0.2) is 4.98 Å². The van der Waals surface area contributed by atoms with Gasteiger partial charge in [0, 0.05) is 10.5 Å². The molecule has 0 unspecified atom stereocenters. The monoisotopic (exact) mass is 291 g/mol. The summed E-state index contributed by atoms with van der Waals surface area (Å²) >= 11 is 1.61. The minimum atomic E-state index is -1.12. The zero-order valence-corrected chi connectivity index (χ0v) is 11.5. The lowest BCUT2D eigenvalue weighted by Crippen LogP contribution is -2.21. The average Bonchev–Trinajstić information content (AvgIpc) is 2.42. The number of nitrogen functional groups attached to an aromatic ring is 1. The number of aromatic amines is 1. The van der Waals surface area contributed by atoms with E-state index in [1.165, 1.54) is 0 Å². The Balaban J connectivity index is 2.43. The number of hydrogen-bond donors (Lipinski definition) is 3. The topological polar surface area (TPSA) is 109 Å². The van der Waals surface area contributed by atoms with Gasteiger partial charge in [0.1, 0.15) is 11.6 Å². The van der Waals surface area contributed by atoms with E-state index in [-0.39, 0.29) is 11.4 Å². The molecular weight excluding hydrogens is 278 g/mol. The first-order valence-electron chi connectivity index (χ1n) is 5.76. The zero-order chi connectivity index (χ0) is 14.7.